The molecule has 1 aliphatic carbocycles. The van der Waals surface area contributed by atoms with Crippen molar-refractivity contribution in [2.75, 3.05) is 26.2 Å². The summed E-state index contributed by atoms with van der Waals surface area (Å²) in [6, 6.07) is 6.08. The van der Waals surface area contributed by atoms with Gasteiger partial charge in [0.05, 0.1) is 11.1 Å². The molecule has 2 heterocycles. The molecule has 25 heavy (non-hydrogen) atoms. The monoisotopic (exact) mass is 343 g/mol. The van der Waals surface area contributed by atoms with Crippen molar-refractivity contribution in [1.29, 1.82) is 0 Å². The maximum Gasteiger partial charge on any atom is 0.419 e. The van der Waals surface area contributed by atoms with E-state index in [0.29, 0.717) is 22.7 Å². The van der Waals surface area contributed by atoms with Crippen molar-refractivity contribution in [2.24, 2.45) is 7.05 Å². The number of oxazole rings is 1. The van der Waals surface area contributed by atoms with Crippen LogP contribution in [-0.2, 0) is 7.05 Å². The Morgan fingerprint density at radius 3 is 2.68 bits per heavy atom. The summed E-state index contributed by atoms with van der Waals surface area (Å²) in [6.07, 6.45) is 6.25. The second kappa shape index (κ2) is 6.67. The molecule has 0 spiro atoms. The average molecular weight is 343 g/mol. The lowest BCUT2D eigenvalue weighted by molar-refractivity contribution is 0.0759. The first-order valence-electron chi connectivity index (χ1n) is 9.27. The van der Waals surface area contributed by atoms with Crippen molar-refractivity contribution in [2.45, 2.75) is 38.1 Å². The lowest BCUT2D eigenvalue weighted by atomic mass is 10.1. The summed E-state index contributed by atoms with van der Waals surface area (Å²) < 4.78 is 6.77. The second-order valence-electron chi connectivity index (χ2n) is 7.20. The van der Waals surface area contributed by atoms with E-state index in [4.69, 9.17) is 4.42 Å². The number of benzene rings is 1. The van der Waals surface area contributed by atoms with Gasteiger partial charge in [-0.15, -0.1) is 0 Å². The lowest BCUT2D eigenvalue weighted by Crippen LogP contribution is -2.38. The third-order valence-electron chi connectivity index (χ3n) is 5.71. The quantitative estimate of drug-likeness (QED) is 0.839. The van der Waals surface area contributed by atoms with Gasteiger partial charge in [-0.3, -0.25) is 14.3 Å². The third kappa shape index (κ3) is 2.99. The van der Waals surface area contributed by atoms with Gasteiger partial charge >= 0.3 is 5.76 Å². The molecule has 0 atom stereocenters. The molecule has 134 valence electrons. The predicted molar refractivity (Wildman–Crippen MR) is 95.8 cm³/mol. The van der Waals surface area contributed by atoms with Crippen molar-refractivity contribution in [3.63, 3.8) is 0 Å². The molecule has 1 saturated heterocycles. The highest BCUT2D eigenvalue weighted by atomic mass is 16.4. The number of rotatable bonds is 2. The molecule has 1 saturated carbocycles. The standard InChI is InChI=1S/C19H25N3O3/c1-20-16-9-4-8-15(17(16)25-19(20)24)18(23)22-11-5-10-21(12-13-22)14-6-2-3-7-14/h4,8-9,14H,2-3,5-7,10-13H2,1H3. The smallest absolute Gasteiger partial charge is 0.407 e. The fourth-order valence-electron chi connectivity index (χ4n) is 4.26. The zero-order valence-electron chi connectivity index (χ0n) is 14.7. The van der Waals surface area contributed by atoms with Crippen LogP contribution in [0.1, 0.15) is 42.5 Å². The number of carbonyl (C=O) groups excluding carboxylic acids is 1. The van der Waals surface area contributed by atoms with Gasteiger partial charge in [0.15, 0.2) is 5.58 Å². The van der Waals surface area contributed by atoms with Crippen LogP contribution in [0.2, 0.25) is 0 Å². The van der Waals surface area contributed by atoms with Crippen molar-refractivity contribution in [3.05, 3.63) is 34.3 Å². The minimum absolute atomic E-state index is 0.0341. The van der Waals surface area contributed by atoms with Crippen LogP contribution in [0.15, 0.2) is 27.4 Å². The van der Waals surface area contributed by atoms with Crippen LogP contribution in [0, 0.1) is 0 Å². The number of hydrogen-bond acceptors (Lipinski definition) is 4. The molecule has 1 aliphatic heterocycles. The molecule has 0 bridgehead atoms. The van der Waals surface area contributed by atoms with E-state index >= 15 is 0 Å². The van der Waals surface area contributed by atoms with Gasteiger partial charge < -0.3 is 9.32 Å². The SMILES string of the molecule is Cn1c(=O)oc2c(C(=O)N3CCCN(C4CCCC4)CC3)cccc21. The van der Waals surface area contributed by atoms with E-state index in [1.165, 1.54) is 30.3 Å². The van der Waals surface area contributed by atoms with Crippen LogP contribution in [0.25, 0.3) is 11.1 Å². The number of amides is 1. The molecule has 2 fully saturated rings. The predicted octanol–water partition coefficient (Wildman–Crippen LogP) is 2.22. The van der Waals surface area contributed by atoms with Crippen molar-refractivity contribution < 1.29 is 9.21 Å². The van der Waals surface area contributed by atoms with E-state index in [2.05, 4.69) is 4.90 Å². The Bertz CT molecular complexity index is 832. The van der Waals surface area contributed by atoms with Gasteiger partial charge in [0.25, 0.3) is 5.91 Å². The third-order valence-corrected chi connectivity index (χ3v) is 5.71. The average Bonchev–Trinajstić information content (AvgIpc) is 3.17. The first-order valence-corrected chi connectivity index (χ1v) is 9.27. The van der Waals surface area contributed by atoms with Gasteiger partial charge in [-0.05, 0) is 31.4 Å². The fourth-order valence-corrected chi connectivity index (χ4v) is 4.26. The summed E-state index contributed by atoms with van der Waals surface area (Å²) in [5.41, 5.74) is 1.56. The zero-order valence-corrected chi connectivity index (χ0v) is 14.7. The molecular formula is C19H25N3O3. The molecule has 0 N–H and O–H groups in total. The molecule has 1 aromatic carbocycles. The molecule has 6 nitrogen and oxygen atoms in total. The summed E-state index contributed by atoms with van der Waals surface area (Å²) in [4.78, 5) is 29.3. The topological polar surface area (TPSA) is 58.7 Å². The zero-order chi connectivity index (χ0) is 17.4. The summed E-state index contributed by atoms with van der Waals surface area (Å²) >= 11 is 0. The number of carbonyl (C=O) groups is 1. The Labute approximate surface area is 147 Å². The summed E-state index contributed by atoms with van der Waals surface area (Å²) in [5, 5.41) is 0. The Kier molecular flexibility index (Phi) is 4.37. The van der Waals surface area contributed by atoms with Crippen LogP contribution in [0.3, 0.4) is 0 Å². The first kappa shape index (κ1) is 16.4. The van der Waals surface area contributed by atoms with Gasteiger partial charge in [0, 0.05) is 39.3 Å². The van der Waals surface area contributed by atoms with Gasteiger partial charge in [-0.2, -0.15) is 0 Å². The van der Waals surface area contributed by atoms with Crippen LogP contribution >= 0.6 is 0 Å². The van der Waals surface area contributed by atoms with E-state index < -0.39 is 5.76 Å². The normalized spacial score (nSPS) is 20.3. The molecule has 1 aromatic heterocycles. The highest BCUT2D eigenvalue weighted by Crippen LogP contribution is 2.25. The minimum atomic E-state index is -0.432. The highest BCUT2D eigenvalue weighted by Gasteiger charge is 2.27. The number of para-hydroxylation sites is 1. The highest BCUT2D eigenvalue weighted by molar-refractivity contribution is 6.04. The molecule has 0 unspecified atom stereocenters. The molecule has 4 rings (SSSR count). The van der Waals surface area contributed by atoms with Gasteiger partial charge in [-0.25, -0.2) is 4.79 Å². The van der Waals surface area contributed by atoms with Crippen LogP contribution in [-0.4, -0.2) is 52.5 Å². The number of hydrogen-bond donors (Lipinski definition) is 0. The van der Waals surface area contributed by atoms with E-state index in [1.54, 1.807) is 19.2 Å². The molecule has 1 amide bonds. The van der Waals surface area contributed by atoms with Crippen LogP contribution < -0.4 is 5.76 Å². The Hall–Kier alpha value is -2.08. The molecule has 6 heteroatoms. The number of aromatic nitrogens is 1. The summed E-state index contributed by atoms with van der Waals surface area (Å²) in [5.74, 6) is -0.466. The van der Waals surface area contributed by atoms with E-state index in [-0.39, 0.29) is 5.91 Å². The van der Waals surface area contributed by atoms with Crippen molar-refractivity contribution in [3.8, 4) is 0 Å². The maximum atomic E-state index is 13.1. The number of nitrogens with zero attached hydrogens (tertiary/aromatic N) is 3. The van der Waals surface area contributed by atoms with E-state index in [9.17, 15) is 9.59 Å². The van der Waals surface area contributed by atoms with Crippen molar-refractivity contribution >= 4 is 17.0 Å². The maximum absolute atomic E-state index is 13.1. The number of aryl methyl sites for hydroxylation is 1. The Morgan fingerprint density at radius 1 is 1.08 bits per heavy atom. The van der Waals surface area contributed by atoms with Gasteiger partial charge in [0.2, 0.25) is 0 Å². The van der Waals surface area contributed by atoms with Gasteiger partial charge in [0.1, 0.15) is 0 Å². The lowest BCUT2D eigenvalue weighted by Gasteiger charge is -2.27. The molecular weight excluding hydrogens is 318 g/mol. The first-order chi connectivity index (χ1) is 12.1. The van der Waals surface area contributed by atoms with Gasteiger partial charge in [-0.1, -0.05) is 18.9 Å². The largest absolute Gasteiger partial charge is 0.419 e. The van der Waals surface area contributed by atoms with E-state index in [1.807, 2.05) is 11.0 Å². The second-order valence-corrected chi connectivity index (χ2v) is 7.20. The van der Waals surface area contributed by atoms with Crippen LogP contribution in [0.5, 0.6) is 0 Å². The molecule has 2 aromatic rings. The van der Waals surface area contributed by atoms with Crippen molar-refractivity contribution in [1.82, 2.24) is 14.4 Å². The fraction of sp³-hybridized carbons (Fsp3) is 0.579. The molecule has 2 aliphatic rings. The Morgan fingerprint density at radius 2 is 1.88 bits per heavy atom. The Balaban J connectivity index is 1.55. The summed E-state index contributed by atoms with van der Waals surface area (Å²) in [7, 11) is 1.66. The number of fused-ring (bicyclic) bond motifs is 1. The van der Waals surface area contributed by atoms with Crippen LogP contribution in [0.4, 0.5) is 0 Å². The minimum Gasteiger partial charge on any atom is -0.407 e. The molecule has 0 radical (unpaired) electrons. The van der Waals surface area contributed by atoms with E-state index in [0.717, 1.165) is 32.6 Å². The summed E-state index contributed by atoms with van der Waals surface area (Å²) in [6.45, 7) is 3.50.